The molecule has 2 aromatic rings. The third-order valence-electron chi connectivity index (χ3n) is 3.80. The second-order valence-electron chi connectivity index (χ2n) is 5.15. The Balaban J connectivity index is 2.03. The molecule has 1 aliphatic rings. The van der Waals surface area contributed by atoms with Gasteiger partial charge in [0, 0.05) is 27.5 Å². The van der Waals surface area contributed by atoms with Crippen molar-refractivity contribution < 1.29 is 15.0 Å². The molecular weight excluding hydrogens is 320 g/mol. The van der Waals surface area contributed by atoms with Crippen molar-refractivity contribution in [2.75, 3.05) is 0 Å². The summed E-state index contributed by atoms with van der Waals surface area (Å²) in [5, 5.41) is 32.0. The Hall–Kier alpha value is -2.45. The van der Waals surface area contributed by atoms with Gasteiger partial charge in [0.2, 0.25) is 0 Å². The molecule has 0 saturated carbocycles. The fourth-order valence-corrected chi connectivity index (χ4v) is 4.10. The molecule has 23 heavy (non-hydrogen) atoms. The van der Waals surface area contributed by atoms with Gasteiger partial charge in [-0.3, -0.25) is 20.2 Å². The Bertz CT molecular complexity index is 765. The Morgan fingerprint density at radius 2 is 1.65 bits per heavy atom. The molecule has 0 saturated heterocycles. The minimum atomic E-state index is -1.22. The van der Waals surface area contributed by atoms with Gasteiger partial charge in [0.25, 0.3) is 11.7 Å². The van der Waals surface area contributed by atoms with Crippen LogP contribution >= 0.6 is 11.8 Å². The van der Waals surface area contributed by atoms with Gasteiger partial charge in [0.1, 0.15) is 11.4 Å². The molecule has 0 unspecified atom stereocenters. The topological polar surface area (TPSA) is 107 Å². The third-order valence-corrected chi connectivity index (χ3v) is 5.23. The van der Waals surface area contributed by atoms with Gasteiger partial charge in [-0.15, -0.1) is 11.8 Å². The van der Waals surface area contributed by atoms with Gasteiger partial charge in [-0.05, 0) is 11.6 Å². The summed E-state index contributed by atoms with van der Waals surface area (Å²) in [7, 11) is 0. The lowest BCUT2D eigenvalue weighted by molar-refractivity contribution is -0.536. The standard InChI is InChI=1S/C15H12N2O5S/c18-14-11-3-1-2-4-12(11)23-15(13(14)17(21)22)9-5-7-10(8-6-9)16(19)20/h1-8,13-15,18H/t13-,14-,15+/m1/s1. The first-order valence-corrected chi connectivity index (χ1v) is 7.68. The van der Waals surface area contributed by atoms with Gasteiger partial charge >= 0.3 is 0 Å². The molecule has 1 heterocycles. The minimum absolute atomic E-state index is 0.0758. The van der Waals surface area contributed by atoms with Gasteiger partial charge < -0.3 is 5.11 Å². The Morgan fingerprint density at radius 3 is 2.26 bits per heavy atom. The molecule has 7 nitrogen and oxygen atoms in total. The first kappa shape index (κ1) is 15.4. The number of aliphatic hydroxyl groups excluding tert-OH is 1. The summed E-state index contributed by atoms with van der Waals surface area (Å²) in [5.41, 5.74) is 1.04. The molecule has 0 aliphatic carbocycles. The highest BCUT2D eigenvalue weighted by Gasteiger charge is 2.45. The SMILES string of the molecule is O=[N+]([O-])c1ccc([C@@H]2Sc3ccccc3[C@@H](O)[C@H]2[N+](=O)[O-])cc1. The van der Waals surface area contributed by atoms with Gasteiger partial charge in [0.05, 0.1) is 4.92 Å². The average Bonchev–Trinajstić information content (AvgIpc) is 2.54. The molecule has 0 aromatic heterocycles. The quantitative estimate of drug-likeness (QED) is 0.683. The Labute approximate surface area is 135 Å². The van der Waals surface area contributed by atoms with Crippen molar-refractivity contribution in [3.63, 3.8) is 0 Å². The predicted octanol–water partition coefficient (Wildman–Crippen LogP) is 3.12. The maximum absolute atomic E-state index is 11.5. The van der Waals surface area contributed by atoms with Crippen LogP contribution < -0.4 is 0 Å². The van der Waals surface area contributed by atoms with E-state index in [0.29, 0.717) is 11.1 Å². The largest absolute Gasteiger partial charge is 0.381 e. The summed E-state index contributed by atoms with van der Waals surface area (Å²) >= 11 is 1.29. The summed E-state index contributed by atoms with van der Waals surface area (Å²) in [6.45, 7) is 0. The molecule has 1 N–H and O–H groups in total. The zero-order valence-electron chi connectivity index (χ0n) is 11.7. The van der Waals surface area contributed by atoms with Crippen LogP contribution in [0.5, 0.6) is 0 Å². The Kier molecular flexibility index (Phi) is 4.01. The van der Waals surface area contributed by atoms with Crippen molar-refractivity contribution in [3.8, 4) is 0 Å². The highest BCUT2D eigenvalue weighted by Crippen LogP contribution is 2.49. The first-order chi connectivity index (χ1) is 11.0. The summed E-state index contributed by atoms with van der Waals surface area (Å²) in [6.07, 6.45) is -1.22. The molecule has 1 aliphatic heterocycles. The summed E-state index contributed by atoms with van der Waals surface area (Å²) in [4.78, 5) is 22.0. The first-order valence-electron chi connectivity index (χ1n) is 6.80. The van der Waals surface area contributed by atoms with E-state index in [1.54, 1.807) is 24.3 Å². The van der Waals surface area contributed by atoms with Crippen molar-refractivity contribution in [3.05, 3.63) is 79.9 Å². The van der Waals surface area contributed by atoms with E-state index in [2.05, 4.69) is 0 Å². The van der Waals surface area contributed by atoms with Crippen LogP contribution in [0.2, 0.25) is 0 Å². The number of fused-ring (bicyclic) bond motifs is 1. The van der Waals surface area contributed by atoms with E-state index in [0.717, 1.165) is 4.90 Å². The number of nitrogens with zero attached hydrogens (tertiary/aromatic N) is 2. The number of rotatable bonds is 3. The highest BCUT2D eigenvalue weighted by atomic mass is 32.2. The van der Waals surface area contributed by atoms with Crippen molar-refractivity contribution >= 4 is 17.4 Å². The number of hydrogen-bond acceptors (Lipinski definition) is 6. The van der Waals surface area contributed by atoms with Crippen LogP contribution in [0.15, 0.2) is 53.4 Å². The monoisotopic (exact) mass is 332 g/mol. The van der Waals surface area contributed by atoms with Crippen LogP contribution in [0.25, 0.3) is 0 Å². The number of thioether (sulfide) groups is 1. The lowest BCUT2D eigenvalue weighted by atomic mass is 9.95. The van der Waals surface area contributed by atoms with E-state index in [-0.39, 0.29) is 5.69 Å². The number of nitro benzene ring substituents is 1. The second-order valence-corrected chi connectivity index (χ2v) is 6.33. The fourth-order valence-electron chi connectivity index (χ4n) is 2.67. The highest BCUT2D eigenvalue weighted by molar-refractivity contribution is 7.99. The number of hydrogen-bond donors (Lipinski definition) is 1. The zero-order chi connectivity index (χ0) is 16.6. The summed E-state index contributed by atoms with van der Waals surface area (Å²) in [5.74, 6) is 0. The van der Waals surface area contributed by atoms with Crippen molar-refractivity contribution in [2.45, 2.75) is 22.3 Å². The average molecular weight is 332 g/mol. The predicted molar refractivity (Wildman–Crippen MR) is 83.9 cm³/mol. The molecule has 0 bridgehead atoms. The summed E-state index contributed by atoms with van der Waals surface area (Å²) < 4.78 is 0. The molecule has 0 spiro atoms. The van der Waals surface area contributed by atoms with E-state index in [1.165, 1.54) is 36.0 Å². The molecule has 3 rings (SSSR count). The molecule has 118 valence electrons. The van der Waals surface area contributed by atoms with Crippen LogP contribution in [0.3, 0.4) is 0 Å². The van der Waals surface area contributed by atoms with E-state index in [9.17, 15) is 25.3 Å². The van der Waals surface area contributed by atoms with Crippen LogP contribution in [0.4, 0.5) is 5.69 Å². The number of aliphatic hydroxyl groups is 1. The van der Waals surface area contributed by atoms with Gasteiger partial charge in [-0.2, -0.15) is 0 Å². The molecule has 8 heteroatoms. The van der Waals surface area contributed by atoms with Crippen molar-refractivity contribution in [1.29, 1.82) is 0 Å². The van der Waals surface area contributed by atoms with Gasteiger partial charge in [-0.25, -0.2) is 0 Å². The molecule has 3 atom stereocenters. The number of non-ortho nitro benzene ring substituents is 1. The summed E-state index contributed by atoms with van der Waals surface area (Å²) in [6, 6.07) is 11.5. The zero-order valence-corrected chi connectivity index (χ0v) is 12.6. The Morgan fingerprint density at radius 1 is 1.00 bits per heavy atom. The lowest BCUT2D eigenvalue weighted by Crippen LogP contribution is -2.35. The maximum atomic E-state index is 11.5. The molecule has 0 fully saturated rings. The van der Waals surface area contributed by atoms with Gasteiger partial charge in [-0.1, -0.05) is 30.3 Å². The second kappa shape index (κ2) is 5.98. The number of benzene rings is 2. The van der Waals surface area contributed by atoms with Gasteiger partial charge in [0.15, 0.2) is 0 Å². The van der Waals surface area contributed by atoms with Crippen molar-refractivity contribution in [1.82, 2.24) is 0 Å². The number of nitro groups is 2. The lowest BCUT2D eigenvalue weighted by Gasteiger charge is -2.31. The van der Waals surface area contributed by atoms with Crippen molar-refractivity contribution in [2.24, 2.45) is 0 Å². The molecule has 2 aromatic carbocycles. The maximum Gasteiger partial charge on any atom is 0.269 e. The molecule has 0 radical (unpaired) electrons. The van der Waals surface area contributed by atoms with Crippen LogP contribution in [0, 0.1) is 20.2 Å². The fraction of sp³-hybridized carbons (Fsp3) is 0.200. The normalized spacial score (nSPS) is 23.1. The molecular formula is C15H12N2O5S. The van der Waals surface area contributed by atoms with E-state index in [4.69, 9.17) is 0 Å². The van der Waals surface area contributed by atoms with Crippen LogP contribution in [0.1, 0.15) is 22.5 Å². The smallest absolute Gasteiger partial charge is 0.269 e. The van der Waals surface area contributed by atoms with E-state index >= 15 is 0 Å². The van der Waals surface area contributed by atoms with E-state index in [1.807, 2.05) is 0 Å². The van der Waals surface area contributed by atoms with Crippen LogP contribution in [-0.4, -0.2) is 21.0 Å². The van der Waals surface area contributed by atoms with E-state index < -0.39 is 27.2 Å². The minimum Gasteiger partial charge on any atom is -0.381 e. The molecule has 0 amide bonds. The van der Waals surface area contributed by atoms with Crippen LogP contribution in [-0.2, 0) is 0 Å². The third kappa shape index (κ3) is 2.78.